The van der Waals surface area contributed by atoms with Gasteiger partial charge in [0.15, 0.2) is 0 Å². The van der Waals surface area contributed by atoms with Gasteiger partial charge in [-0.25, -0.2) is 0 Å². The highest BCUT2D eigenvalue weighted by Crippen LogP contribution is 2.39. The van der Waals surface area contributed by atoms with Crippen LogP contribution in [0.1, 0.15) is 67.7 Å². The fraction of sp³-hybridized carbons (Fsp3) is 0.478. The molecule has 0 saturated heterocycles. The van der Waals surface area contributed by atoms with E-state index in [-0.39, 0.29) is 12.0 Å². The van der Waals surface area contributed by atoms with E-state index in [0.29, 0.717) is 6.42 Å². The molecule has 0 radical (unpaired) electrons. The van der Waals surface area contributed by atoms with Crippen LogP contribution in [-0.4, -0.2) is 21.6 Å². The van der Waals surface area contributed by atoms with Crippen molar-refractivity contribution in [3.05, 3.63) is 65.7 Å². The molecule has 1 fully saturated rings. The van der Waals surface area contributed by atoms with Gasteiger partial charge in [-0.15, -0.1) is 0 Å². The van der Waals surface area contributed by atoms with E-state index in [0.717, 1.165) is 49.0 Å². The molecule has 0 amide bonds. The second kappa shape index (κ2) is 9.57. The molecular weight excluding hydrogens is 372 g/mol. The van der Waals surface area contributed by atoms with Gasteiger partial charge in [-0.2, -0.15) is 8.42 Å². The zero-order valence-electron chi connectivity index (χ0n) is 16.7. The summed E-state index contributed by atoms with van der Waals surface area (Å²) in [7, 11) is -2.08. The summed E-state index contributed by atoms with van der Waals surface area (Å²) in [6.45, 7) is 2.01. The van der Waals surface area contributed by atoms with Crippen LogP contribution in [0.5, 0.6) is 5.75 Å². The van der Waals surface area contributed by atoms with Crippen LogP contribution in [0, 0.1) is 0 Å². The molecule has 0 bridgehead atoms. The van der Waals surface area contributed by atoms with Gasteiger partial charge in [-0.1, -0.05) is 68.7 Å². The fourth-order valence-corrected chi connectivity index (χ4v) is 5.84. The first kappa shape index (κ1) is 20.9. The molecule has 5 heteroatoms. The van der Waals surface area contributed by atoms with Crippen LogP contribution in [-0.2, 0) is 14.3 Å². The van der Waals surface area contributed by atoms with Gasteiger partial charge in [-0.05, 0) is 42.5 Å². The Morgan fingerprint density at radius 1 is 1.04 bits per heavy atom. The van der Waals surface area contributed by atoms with Crippen molar-refractivity contribution in [2.75, 3.05) is 7.11 Å². The number of rotatable bonds is 8. The standard InChI is InChI=1S/C23H30O4S/c1-3-10-23(18-11-5-4-6-12-18)28(24,25)27-22-16-8-7-15-21(22)19-13-9-14-20(17-19)26-2/h4-6,9,11-14,17,21-23H,3,7-8,10,15-16H2,1-2H3/t21-,22+,23?/m0/s1. The lowest BCUT2D eigenvalue weighted by Crippen LogP contribution is -2.31. The minimum atomic E-state index is -3.73. The highest BCUT2D eigenvalue weighted by molar-refractivity contribution is 7.87. The van der Waals surface area contributed by atoms with Crippen LogP contribution in [0.4, 0.5) is 0 Å². The van der Waals surface area contributed by atoms with Crippen LogP contribution in [0.15, 0.2) is 54.6 Å². The predicted octanol–water partition coefficient (Wildman–Crippen LogP) is 5.61. The number of methoxy groups -OCH3 is 1. The van der Waals surface area contributed by atoms with Gasteiger partial charge in [-0.3, -0.25) is 4.18 Å². The maximum Gasteiger partial charge on any atom is 0.274 e. The maximum atomic E-state index is 13.2. The molecule has 1 aliphatic rings. The molecule has 1 saturated carbocycles. The number of hydrogen-bond acceptors (Lipinski definition) is 4. The molecule has 2 aromatic carbocycles. The van der Waals surface area contributed by atoms with Gasteiger partial charge in [0, 0.05) is 5.92 Å². The third kappa shape index (κ3) is 4.95. The van der Waals surface area contributed by atoms with Crippen molar-refractivity contribution >= 4 is 10.1 Å². The Morgan fingerprint density at radius 2 is 1.79 bits per heavy atom. The summed E-state index contributed by atoms with van der Waals surface area (Å²) >= 11 is 0. The fourth-order valence-electron chi connectivity index (χ4n) is 4.11. The lowest BCUT2D eigenvalue weighted by Gasteiger charge is -2.32. The number of ether oxygens (including phenoxy) is 1. The summed E-state index contributed by atoms with van der Waals surface area (Å²) in [4.78, 5) is 0. The molecular formula is C23H30O4S. The monoisotopic (exact) mass is 402 g/mol. The third-order valence-electron chi connectivity index (χ3n) is 5.55. The van der Waals surface area contributed by atoms with Crippen molar-refractivity contribution in [3.63, 3.8) is 0 Å². The summed E-state index contributed by atoms with van der Waals surface area (Å²) in [6.07, 6.45) is 4.78. The molecule has 3 rings (SSSR count). The van der Waals surface area contributed by atoms with Crippen molar-refractivity contribution in [3.8, 4) is 5.75 Å². The van der Waals surface area contributed by atoms with Crippen molar-refractivity contribution in [1.82, 2.24) is 0 Å². The first-order valence-corrected chi connectivity index (χ1v) is 11.6. The molecule has 152 valence electrons. The molecule has 28 heavy (non-hydrogen) atoms. The highest BCUT2D eigenvalue weighted by Gasteiger charge is 2.35. The third-order valence-corrected chi connectivity index (χ3v) is 7.27. The second-order valence-electron chi connectivity index (χ2n) is 7.48. The number of benzene rings is 2. The molecule has 0 aromatic heterocycles. The van der Waals surface area contributed by atoms with Crippen molar-refractivity contribution in [1.29, 1.82) is 0 Å². The Labute approximate surface area is 169 Å². The minimum Gasteiger partial charge on any atom is -0.497 e. The summed E-state index contributed by atoms with van der Waals surface area (Å²) in [5, 5.41) is -0.619. The molecule has 2 aromatic rings. The Balaban J connectivity index is 1.85. The Hall–Kier alpha value is -1.85. The Morgan fingerprint density at radius 3 is 2.50 bits per heavy atom. The van der Waals surface area contributed by atoms with E-state index in [9.17, 15) is 8.42 Å². The smallest absolute Gasteiger partial charge is 0.274 e. The zero-order chi connectivity index (χ0) is 20.0. The Kier molecular flexibility index (Phi) is 7.13. The topological polar surface area (TPSA) is 52.6 Å². The highest BCUT2D eigenvalue weighted by atomic mass is 32.2. The van der Waals surface area contributed by atoms with Crippen molar-refractivity contribution in [2.24, 2.45) is 0 Å². The van der Waals surface area contributed by atoms with Gasteiger partial charge >= 0.3 is 0 Å². The van der Waals surface area contributed by atoms with Crippen LogP contribution in [0.3, 0.4) is 0 Å². The molecule has 0 aliphatic heterocycles. The SMILES string of the molecule is CCCC(c1ccccc1)S(=O)(=O)O[C@@H]1CCCC[C@H]1c1cccc(OC)c1. The van der Waals surface area contributed by atoms with E-state index >= 15 is 0 Å². The number of hydrogen-bond donors (Lipinski definition) is 0. The first-order chi connectivity index (χ1) is 13.5. The van der Waals surface area contributed by atoms with Gasteiger partial charge in [0.2, 0.25) is 0 Å². The molecule has 0 heterocycles. The molecule has 3 atom stereocenters. The van der Waals surface area contributed by atoms with E-state index in [2.05, 4.69) is 0 Å². The van der Waals surface area contributed by atoms with Gasteiger partial charge < -0.3 is 4.74 Å². The van der Waals surface area contributed by atoms with E-state index in [4.69, 9.17) is 8.92 Å². The second-order valence-corrected chi connectivity index (χ2v) is 9.23. The van der Waals surface area contributed by atoms with Crippen molar-refractivity contribution < 1.29 is 17.3 Å². The normalized spacial score (nSPS) is 21.2. The van der Waals surface area contributed by atoms with Crippen LogP contribution in [0.25, 0.3) is 0 Å². The van der Waals surface area contributed by atoms with E-state index in [1.165, 1.54) is 0 Å². The molecule has 4 nitrogen and oxygen atoms in total. The Bertz CT molecular complexity index is 848. The summed E-state index contributed by atoms with van der Waals surface area (Å²) < 4.78 is 37.8. The average Bonchev–Trinajstić information content (AvgIpc) is 2.72. The van der Waals surface area contributed by atoms with Crippen LogP contribution < -0.4 is 4.74 Å². The molecule has 0 spiro atoms. The predicted molar refractivity (Wildman–Crippen MR) is 112 cm³/mol. The van der Waals surface area contributed by atoms with Gasteiger partial charge in [0.25, 0.3) is 10.1 Å². The zero-order valence-corrected chi connectivity index (χ0v) is 17.5. The minimum absolute atomic E-state index is 0.0664. The molecule has 1 unspecified atom stereocenters. The lowest BCUT2D eigenvalue weighted by molar-refractivity contribution is 0.134. The van der Waals surface area contributed by atoms with Gasteiger partial charge in [0.05, 0.1) is 13.2 Å². The summed E-state index contributed by atoms with van der Waals surface area (Å²) in [5.74, 6) is 0.856. The van der Waals surface area contributed by atoms with E-state index in [1.54, 1.807) is 7.11 Å². The van der Waals surface area contributed by atoms with Crippen LogP contribution >= 0.6 is 0 Å². The largest absolute Gasteiger partial charge is 0.497 e. The van der Waals surface area contributed by atoms with Crippen LogP contribution in [0.2, 0.25) is 0 Å². The maximum absolute atomic E-state index is 13.2. The van der Waals surface area contributed by atoms with Crippen molar-refractivity contribution in [2.45, 2.75) is 62.7 Å². The lowest BCUT2D eigenvalue weighted by atomic mass is 9.82. The molecule has 1 aliphatic carbocycles. The first-order valence-electron chi connectivity index (χ1n) is 10.2. The summed E-state index contributed by atoms with van der Waals surface area (Å²) in [5.41, 5.74) is 1.89. The quantitative estimate of drug-likeness (QED) is 0.539. The molecule has 0 N–H and O–H groups in total. The van der Waals surface area contributed by atoms with E-state index in [1.807, 2.05) is 61.5 Å². The summed E-state index contributed by atoms with van der Waals surface area (Å²) in [6, 6.07) is 17.3. The van der Waals surface area contributed by atoms with Gasteiger partial charge in [0.1, 0.15) is 11.0 Å². The average molecular weight is 403 g/mol. The van der Waals surface area contributed by atoms with E-state index < -0.39 is 15.4 Å².